The number of aryl methyl sites for hydroxylation is 1. The van der Waals surface area contributed by atoms with E-state index in [1.54, 1.807) is 17.7 Å². The molecule has 0 radical (unpaired) electrons. The van der Waals surface area contributed by atoms with Crippen LogP contribution in [0.3, 0.4) is 0 Å². The molecule has 0 unspecified atom stereocenters. The standard InChI is InChI=1S/C14H17N3O2/c1-17-13-3-2-9(15)6-11(13)12(7-14(17)18)16-10-4-5-19-8-10/h2-3,6-7,10,16H,4-5,8,15H2,1H3/t10-/m0/s1. The molecule has 0 spiro atoms. The molecule has 1 aromatic carbocycles. The average molecular weight is 259 g/mol. The lowest BCUT2D eigenvalue weighted by Crippen LogP contribution is -2.23. The van der Waals surface area contributed by atoms with E-state index in [1.165, 1.54) is 0 Å². The van der Waals surface area contributed by atoms with Gasteiger partial charge in [0.2, 0.25) is 0 Å². The van der Waals surface area contributed by atoms with Crippen molar-refractivity contribution in [2.24, 2.45) is 7.05 Å². The summed E-state index contributed by atoms with van der Waals surface area (Å²) >= 11 is 0. The van der Waals surface area contributed by atoms with Crippen molar-refractivity contribution in [1.82, 2.24) is 4.57 Å². The Bertz CT molecular complexity index is 672. The first-order chi connectivity index (χ1) is 9.15. The second-order valence-corrected chi connectivity index (χ2v) is 4.94. The molecule has 100 valence electrons. The summed E-state index contributed by atoms with van der Waals surface area (Å²) < 4.78 is 6.98. The van der Waals surface area contributed by atoms with Crippen LogP contribution in [0.25, 0.3) is 10.9 Å². The summed E-state index contributed by atoms with van der Waals surface area (Å²) in [7, 11) is 1.77. The second-order valence-electron chi connectivity index (χ2n) is 4.94. The largest absolute Gasteiger partial charge is 0.399 e. The number of nitrogens with zero attached hydrogens (tertiary/aromatic N) is 1. The Labute approximate surface area is 111 Å². The van der Waals surface area contributed by atoms with Gasteiger partial charge in [0.1, 0.15) is 0 Å². The third kappa shape index (κ3) is 2.17. The fraction of sp³-hybridized carbons (Fsp3) is 0.357. The van der Waals surface area contributed by atoms with Crippen molar-refractivity contribution in [2.45, 2.75) is 12.5 Å². The normalized spacial score (nSPS) is 18.9. The fourth-order valence-corrected chi connectivity index (χ4v) is 2.47. The van der Waals surface area contributed by atoms with Crippen molar-refractivity contribution in [3.8, 4) is 0 Å². The molecule has 1 atom stereocenters. The summed E-state index contributed by atoms with van der Waals surface area (Å²) in [4.78, 5) is 12.0. The van der Waals surface area contributed by atoms with Crippen LogP contribution in [0.15, 0.2) is 29.1 Å². The van der Waals surface area contributed by atoms with Crippen molar-refractivity contribution in [3.63, 3.8) is 0 Å². The van der Waals surface area contributed by atoms with E-state index >= 15 is 0 Å². The summed E-state index contributed by atoms with van der Waals surface area (Å²) in [5, 5.41) is 4.35. The van der Waals surface area contributed by atoms with Gasteiger partial charge in [0.15, 0.2) is 0 Å². The molecule has 2 heterocycles. The zero-order valence-electron chi connectivity index (χ0n) is 10.8. The Balaban J connectivity index is 2.14. The van der Waals surface area contributed by atoms with E-state index in [4.69, 9.17) is 10.5 Å². The maximum absolute atomic E-state index is 12.0. The molecule has 3 N–H and O–H groups in total. The highest BCUT2D eigenvalue weighted by Crippen LogP contribution is 2.25. The summed E-state index contributed by atoms with van der Waals surface area (Å²) in [6.45, 7) is 1.45. The summed E-state index contributed by atoms with van der Waals surface area (Å²) in [5.41, 5.74) is 8.22. The van der Waals surface area contributed by atoms with Crippen LogP contribution in [0.1, 0.15) is 6.42 Å². The molecule has 0 aliphatic carbocycles. The minimum absolute atomic E-state index is 0.0290. The molecule has 3 rings (SSSR count). The van der Waals surface area contributed by atoms with Crippen molar-refractivity contribution >= 4 is 22.3 Å². The molecule has 2 aromatic rings. The first-order valence-electron chi connectivity index (χ1n) is 6.39. The van der Waals surface area contributed by atoms with E-state index < -0.39 is 0 Å². The van der Waals surface area contributed by atoms with Gasteiger partial charge in [-0.25, -0.2) is 0 Å². The number of anilines is 2. The molecule has 1 fully saturated rings. The van der Waals surface area contributed by atoms with Crippen LogP contribution in [-0.2, 0) is 11.8 Å². The number of nitrogen functional groups attached to an aromatic ring is 1. The van der Waals surface area contributed by atoms with Crippen LogP contribution >= 0.6 is 0 Å². The zero-order chi connectivity index (χ0) is 13.4. The van der Waals surface area contributed by atoms with Crippen LogP contribution in [0.2, 0.25) is 0 Å². The predicted molar refractivity (Wildman–Crippen MR) is 76.4 cm³/mol. The number of benzene rings is 1. The number of rotatable bonds is 2. The molecule has 1 aromatic heterocycles. The number of aromatic nitrogens is 1. The molecule has 5 nitrogen and oxygen atoms in total. The van der Waals surface area contributed by atoms with E-state index in [9.17, 15) is 4.79 Å². The minimum Gasteiger partial charge on any atom is -0.399 e. The molecule has 0 bridgehead atoms. The van der Waals surface area contributed by atoms with Crippen molar-refractivity contribution in [2.75, 3.05) is 24.3 Å². The number of hydrogen-bond acceptors (Lipinski definition) is 4. The molecule has 1 aliphatic rings. The van der Waals surface area contributed by atoms with Gasteiger partial charge in [0, 0.05) is 36.5 Å². The molecule has 0 amide bonds. The quantitative estimate of drug-likeness (QED) is 0.798. The Morgan fingerprint density at radius 3 is 3.00 bits per heavy atom. The van der Waals surface area contributed by atoms with Crippen LogP contribution < -0.4 is 16.6 Å². The van der Waals surface area contributed by atoms with Gasteiger partial charge in [-0.1, -0.05) is 0 Å². The number of pyridine rings is 1. The van der Waals surface area contributed by atoms with Gasteiger partial charge in [-0.2, -0.15) is 0 Å². The topological polar surface area (TPSA) is 69.3 Å². The first kappa shape index (κ1) is 12.0. The Kier molecular flexibility index (Phi) is 2.91. The third-order valence-electron chi connectivity index (χ3n) is 3.56. The minimum atomic E-state index is -0.0290. The molecule has 1 saturated heterocycles. The summed E-state index contributed by atoms with van der Waals surface area (Å²) in [6.07, 6.45) is 0.957. The van der Waals surface area contributed by atoms with Crippen LogP contribution in [0, 0.1) is 0 Å². The van der Waals surface area contributed by atoms with E-state index in [-0.39, 0.29) is 11.6 Å². The van der Waals surface area contributed by atoms with Crippen molar-refractivity contribution < 1.29 is 4.74 Å². The zero-order valence-corrected chi connectivity index (χ0v) is 10.8. The van der Waals surface area contributed by atoms with E-state index in [1.807, 2.05) is 18.2 Å². The summed E-state index contributed by atoms with van der Waals surface area (Å²) in [6, 6.07) is 7.47. The average Bonchev–Trinajstić information content (AvgIpc) is 2.88. The fourth-order valence-electron chi connectivity index (χ4n) is 2.47. The first-order valence-corrected chi connectivity index (χ1v) is 6.39. The predicted octanol–water partition coefficient (Wildman–Crippen LogP) is 1.32. The highest BCUT2D eigenvalue weighted by molar-refractivity contribution is 5.93. The van der Waals surface area contributed by atoms with Crippen LogP contribution in [0.5, 0.6) is 0 Å². The SMILES string of the molecule is Cn1c(=O)cc(N[C@H]2CCOC2)c2cc(N)ccc21. The Hall–Kier alpha value is -2.01. The van der Waals surface area contributed by atoms with Crippen LogP contribution in [0.4, 0.5) is 11.4 Å². The van der Waals surface area contributed by atoms with Crippen LogP contribution in [-0.4, -0.2) is 23.8 Å². The van der Waals surface area contributed by atoms with Crippen molar-refractivity contribution in [3.05, 3.63) is 34.6 Å². The smallest absolute Gasteiger partial charge is 0.252 e. The highest BCUT2D eigenvalue weighted by atomic mass is 16.5. The second kappa shape index (κ2) is 4.59. The monoisotopic (exact) mass is 259 g/mol. The number of ether oxygens (including phenoxy) is 1. The maximum Gasteiger partial charge on any atom is 0.252 e. The Morgan fingerprint density at radius 2 is 2.26 bits per heavy atom. The van der Waals surface area contributed by atoms with Gasteiger partial charge in [0.25, 0.3) is 5.56 Å². The van der Waals surface area contributed by atoms with Gasteiger partial charge >= 0.3 is 0 Å². The van der Waals surface area contributed by atoms with Gasteiger partial charge in [-0.05, 0) is 24.6 Å². The third-order valence-corrected chi connectivity index (χ3v) is 3.56. The van der Waals surface area contributed by atoms with E-state index in [0.717, 1.165) is 29.6 Å². The lowest BCUT2D eigenvalue weighted by atomic mass is 10.1. The van der Waals surface area contributed by atoms with Gasteiger partial charge in [0.05, 0.1) is 18.2 Å². The molecular formula is C14H17N3O2. The lowest BCUT2D eigenvalue weighted by molar-refractivity contribution is 0.195. The number of nitrogens with one attached hydrogen (secondary N) is 1. The lowest BCUT2D eigenvalue weighted by Gasteiger charge is -2.16. The molecule has 1 aliphatic heterocycles. The molecule has 19 heavy (non-hydrogen) atoms. The number of fused-ring (bicyclic) bond motifs is 1. The van der Waals surface area contributed by atoms with Gasteiger partial charge in [-0.15, -0.1) is 0 Å². The Morgan fingerprint density at radius 1 is 1.42 bits per heavy atom. The molecular weight excluding hydrogens is 242 g/mol. The number of nitrogens with two attached hydrogens (primary N) is 1. The maximum atomic E-state index is 12.0. The number of hydrogen-bond donors (Lipinski definition) is 2. The van der Waals surface area contributed by atoms with E-state index in [0.29, 0.717) is 12.3 Å². The van der Waals surface area contributed by atoms with E-state index in [2.05, 4.69) is 5.32 Å². The van der Waals surface area contributed by atoms with Gasteiger partial charge < -0.3 is 20.4 Å². The summed E-state index contributed by atoms with van der Waals surface area (Å²) in [5.74, 6) is 0. The van der Waals surface area contributed by atoms with Gasteiger partial charge in [-0.3, -0.25) is 4.79 Å². The molecule has 0 saturated carbocycles. The van der Waals surface area contributed by atoms with Crippen molar-refractivity contribution in [1.29, 1.82) is 0 Å². The molecule has 5 heteroatoms. The highest BCUT2D eigenvalue weighted by Gasteiger charge is 2.17.